The van der Waals surface area contributed by atoms with Crippen LogP contribution in [0.4, 0.5) is 0 Å². The zero-order valence-electron chi connectivity index (χ0n) is 16.3. The van der Waals surface area contributed by atoms with Crippen LogP contribution in [0.25, 0.3) is 5.82 Å². The molecule has 1 fully saturated rings. The first kappa shape index (κ1) is 20.2. The summed E-state index contributed by atoms with van der Waals surface area (Å²) in [6.45, 7) is 0.532. The van der Waals surface area contributed by atoms with Crippen molar-refractivity contribution < 1.29 is 13.2 Å². The predicted octanol–water partition coefficient (Wildman–Crippen LogP) is 1.52. The van der Waals surface area contributed by atoms with E-state index in [0.29, 0.717) is 18.8 Å². The number of nitrogens with zero attached hydrogens (tertiary/aromatic N) is 5. The highest BCUT2D eigenvalue weighted by molar-refractivity contribution is 7.89. The maximum atomic E-state index is 13.1. The van der Waals surface area contributed by atoms with E-state index in [4.69, 9.17) is 0 Å². The minimum absolute atomic E-state index is 0.199. The fourth-order valence-electron chi connectivity index (χ4n) is 3.57. The Kier molecular flexibility index (Phi) is 5.86. The number of piperidine rings is 1. The summed E-state index contributed by atoms with van der Waals surface area (Å²) in [6, 6.07) is 11.1. The number of carbonyl (C=O) groups is 1. The lowest BCUT2D eigenvalue weighted by atomic mass is 10.0. The first-order valence-electron chi connectivity index (χ1n) is 9.71. The van der Waals surface area contributed by atoms with E-state index >= 15 is 0 Å². The summed E-state index contributed by atoms with van der Waals surface area (Å²) in [4.78, 5) is 21.4. The van der Waals surface area contributed by atoms with Crippen molar-refractivity contribution in [2.45, 2.75) is 36.7 Å². The molecule has 2 aromatic heterocycles. The second kappa shape index (κ2) is 8.72. The number of rotatable bonds is 6. The minimum Gasteiger partial charge on any atom is -0.350 e. The normalized spacial score (nSPS) is 17.5. The Morgan fingerprint density at radius 2 is 1.97 bits per heavy atom. The second-order valence-corrected chi connectivity index (χ2v) is 8.87. The minimum atomic E-state index is -3.75. The van der Waals surface area contributed by atoms with Crippen LogP contribution < -0.4 is 5.32 Å². The molecule has 1 aliphatic heterocycles. The Balaban J connectivity index is 1.52. The standard InChI is InChI=1S/C20H22N6O3S/c27-20(23-13-16-7-6-11-22-19(16)25-15-21-14-24-25)18-10-4-5-12-26(18)30(28,29)17-8-2-1-3-9-17/h1-3,6-9,11,14-15,18H,4-5,10,12-13H2,(H,23,27). The third-order valence-electron chi connectivity index (χ3n) is 5.06. The fraction of sp³-hybridized carbons (Fsp3) is 0.300. The van der Waals surface area contributed by atoms with E-state index in [1.807, 2.05) is 6.07 Å². The average Bonchev–Trinajstić information content (AvgIpc) is 3.33. The quantitative estimate of drug-likeness (QED) is 0.640. The smallest absolute Gasteiger partial charge is 0.243 e. The Morgan fingerprint density at radius 1 is 1.13 bits per heavy atom. The van der Waals surface area contributed by atoms with Crippen molar-refractivity contribution >= 4 is 15.9 Å². The van der Waals surface area contributed by atoms with Gasteiger partial charge < -0.3 is 5.32 Å². The van der Waals surface area contributed by atoms with Gasteiger partial charge in [0.25, 0.3) is 0 Å². The molecule has 0 radical (unpaired) electrons. The largest absolute Gasteiger partial charge is 0.350 e. The molecular weight excluding hydrogens is 404 g/mol. The second-order valence-electron chi connectivity index (χ2n) is 6.98. The molecule has 1 aromatic carbocycles. The molecule has 1 saturated heterocycles. The lowest BCUT2D eigenvalue weighted by Crippen LogP contribution is -2.51. The lowest BCUT2D eigenvalue weighted by molar-refractivity contribution is -0.125. The molecule has 1 aliphatic rings. The van der Waals surface area contributed by atoms with Crippen molar-refractivity contribution in [2.24, 2.45) is 0 Å². The molecule has 0 bridgehead atoms. The van der Waals surface area contributed by atoms with Crippen LogP contribution in [0.15, 0.2) is 66.2 Å². The molecule has 3 aromatic rings. The summed E-state index contributed by atoms with van der Waals surface area (Å²) in [5.41, 5.74) is 0.754. The fourth-order valence-corrected chi connectivity index (χ4v) is 5.25. The molecule has 4 rings (SSSR count). The summed E-state index contributed by atoms with van der Waals surface area (Å²) in [5.74, 6) is 0.246. The molecule has 3 heterocycles. The van der Waals surface area contributed by atoms with Gasteiger partial charge in [-0.2, -0.15) is 9.40 Å². The first-order valence-corrected chi connectivity index (χ1v) is 11.1. The number of sulfonamides is 1. The summed E-state index contributed by atoms with van der Waals surface area (Å²) in [5, 5.41) is 6.96. The molecule has 1 atom stereocenters. The van der Waals surface area contributed by atoms with Gasteiger partial charge in [0.05, 0.1) is 4.90 Å². The van der Waals surface area contributed by atoms with Crippen molar-refractivity contribution in [2.75, 3.05) is 6.54 Å². The molecule has 9 nitrogen and oxygen atoms in total. The predicted molar refractivity (Wildman–Crippen MR) is 109 cm³/mol. The van der Waals surface area contributed by atoms with Gasteiger partial charge in [-0.3, -0.25) is 4.79 Å². The third-order valence-corrected chi connectivity index (χ3v) is 6.98. The summed E-state index contributed by atoms with van der Waals surface area (Å²) in [6.07, 6.45) is 6.59. The van der Waals surface area contributed by atoms with Crippen molar-refractivity contribution in [1.29, 1.82) is 0 Å². The SMILES string of the molecule is O=C(NCc1cccnc1-n1cncn1)C1CCCCN1S(=O)(=O)c1ccccc1. The van der Waals surface area contributed by atoms with Crippen LogP contribution in [0.5, 0.6) is 0 Å². The van der Waals surface area contributed by atoms with Crippen molar-refractivity contribution in [3.63, 3.8) is 0 Å². The van der Waals surface area contributed by atoms with Gasteiger partial charge in [0.1, 0.15) is 18.7 Å². The van der Waals surface area contributed by atoms with Gasteiger partial charge in [0.2, 0.25) is 15.9 Å². The number of nitrogens with one attached hydrogen (secondary N) is 1. The molecule has 156 valence electrons. The van der Waals surface area contributed by atoms with Crippen molar-refractivity contribution in [3.05, 3.63) is 66.9 Å². The Bertz CT molecular complexity index is 1100. The lowest BCUT2D eigenvalue weighted by Gasteiger charge is -2.33. The number of pyridine rings is 1. The highest BCUT2D eigenvalue weighted by Gasteiger charge is 2.37. The van der Waals surface area contributed by atoms with E-state index in [0.717, 1.165) is 18.4 Å². The number of amides is 1. The molecule has 0 aliphatic carbocycles. The number of aromatic nitrogens is 4. The van der Waals surface area contributed by atoms with E-state index < -0.39 is 16.1 Å². The molecular formula is C20H22N6O3S. The zero-order valence-corrected chi connectivity index (χ0v) is 17.1. The van der Waals surface area contributed by atoms with Crippen molar-refractivity contribution in [3.8, 4) is 5.82 Å². The number of benzene rings is 1. The summed E-state index contributed by atoms with van der Waals surface area (Å²) >= 11 is 0. The van der Waals surface area contributed by atoms with E-state index in [9.17, 15) is 13.2 Å². The van der Waals surface area contributed by atoms with Gasteiger partial charge >= 0.3 is 0 Å². The molecule has 30 heavy (non-hydrogen) atoms. The Morgan fingerprint density at radius 3 is 2.73 bits per heavy atom. The average molecular weight is 427 g/mol. The highest BCUT2D eigenvalue weighted by atomic mass is 32.2. The summed E-state index contributed by atoms with van der Waals surface area (Å²) < 4.78 is 29.1. The topological polar surface area (TPSA) is 110 Å². The number of hydrogen-bond donors (Lipinski definition) is 1. The van der Waals surface area contributed by atoms with E-state index in [1.165, 1.54) is 21.6 Å². The Hall–Kier alpha value is -3.11. The molecule has 0 saturated carbocycles. The number of hydrogen-bond acceptors (Lipinski definition) is 6. The van der Waals surface area contributed by atoms with Gasteiger partial charge in [0, 0.05) is 24.8 Å². The van der Waals surface area contributed by atoms with Crippen LogP contribution in [-0.2, 0) is 21.4 Å². The Labute approximate surface area is 174 Å². The third kappa shape index (κ3) is 4.10. The first-order chi connectivity index (χ1) is 14.6. The summed E-state index contributed by atoms with van der Waals surface area (Å²) in [7, 11) is -3.75. The zero-order chi connectivity index (χ0) is 21.0. The maximum absolute atomic E-state index is 13.1. The molecule has 1 unspecified atom stereocenters. The van der Waals surface area contributed by atoms with Gasteiger partial charge in [-0.1, -0.05) is 30.7 Å². The monoisotopic (exact) mass is 426 g/mol. The van der Waals surface area contributed by atoms with Gasteiger partial charge in [0.15, 0.2) is 5.82 Å². The van der Waals surface area contributed by atoms with Gasteiger partial charge in [-0.25, -0.2) is 23.1 Å². The molecule has 10 heteroatoms. The maximum Gasteiger partial charge on any atom is 0.243 e. The molecule has 1 amide bonds. The molecule has 1 N–H and O–H groups in total. The highest BCUT2D eigenvalue weighted by Crippen LogP contribution is 2.25. The van der Waals surface area contributed by atoms with Crippen LogP contribution >= 0.6 is 0 Å². The van der Waals surface area contributed by atoms with Crippen LogP contribution in [0.2, 0.25) is 0 Å². The van der Waals surface area contributed by atoms with Gasteiger partial charge in [-0.15, -0.1) is 0 Å². The van der Waals surface area contributed by atoms with Crippen LogP contribution in [0.1, 0.15) is 24.8 Å². The van der Waals surface area contributed by atoms with E-state index in [-0.39, 0.29) is 17.3 Å². The van der Waals surface area contributed by atoms with Gasteiger partial charge in [-0.05, 0) is 31.0 Å². The van der Waals surface area contributed by atoms with Crippen molar-refractivity contribution in [1.82, 2.24) is 29.4 Å². The number of carbonyl (C=O) groups excluding carboxylic acids is 1. The van der Waals surface area contributed by atoms with E-state index in [1.54, 1.807) is 42.6 Å². The molecule has 0 spiro atoms. The van der Waals surface area contributed by atoms with Crippen LogP contribution in [-0.4, -0.2) is 51.0 Å². The van der Waals surface area contributed by atoms with Crippen LogP contribution in [0, 0.1) is 0 Å². The van der Waals surface area contributed by atoms with E-state index in [2.05, 4.69) is 20.4 Å². The van der Waals surface area contributed by atoms with Crippen LogP contribution in [0.3, 0.4) is 0 Å².